The molecular formula is C12H18Cl2N2. The molecule has 0 amide bonds. The van der Waals surface area contributed by atoms with Gasteiger partial charge < -0.3 is 10.6 Å². The molecular weight excluding hydrogens is 243 g/mol. The van der Waals surface area contributed by atoms with E-state index in [9.17, 15) is 0 Å². The molecule has 0 aliphatic rings. The van der Waals surface area contributed by atoms with Gasteiger partial charge in [0.2, 0.25) is 0 Å². The SMILES string of the molecule is CC(N)CCN(C)Cc1ccc(Cl)cc1Cl. The van der Waals surface area contributed by atoms with Gasteiger partial charge in [-0.3, -0.25) is 0 Å². The summed E-state index contributed by atoms with van der Waals surface area (Å²) in [6, 6.07) is 5.84. The molecule has 0 aliphatic carbocycles. The normalized spacial score (nSPS) is 13.1. The molecule has 16 heavy (non-hydrogen) atoms. The zero-order chi connectivity index (χ0) is 12.1. The Morgan fingerprint density at radius 2 is 2.06 bits per heavy atom. The number of nitrogens with zero attached hydrogens (tertiary/aromatic N) is 1. The van der Waals surface area contributed by atoms with Gasteiger partial charge in [-0.1, -0.05) is 29.3 Å². The largest absolute Gasteiger partial charge is 0.328 e. The van der Waals surface area contributed by atoms with E-state index in [1.54, 1.807) is 6.07 Å². The topological polar surface area (TPSA) is 29.3 Å². The highest BCUT2D eigenvalue weighted by molar-refractivity contribution is 6.35. The van der Waals surface area contributed by atoms with Crippen molar-refractivity contribution in [3.8, 4) is 0 Å². The van der Waals surface area contributed by atoms with Crippen molar-refractivity contribution >= 4 is 23.2 Å². The predicted molar refractivity (Wildman–Crippen MR) is 71.1 cm³/mol. The van der Waals surface area contributed by atoms with Gasteiger partial charge in [0.05, 0.1) is 0 Å². The van der Waals surface area contributed by atoms with Crippen LogP contribution in [0.3, 0.4) is 0 Å². The number of benzene rings is 1. The molecule has 2 nitrogen and oxygen atoms in total. The summed E-state index contributed by atoms with van der Waals surface area (Å²) in [5, 5.41) is 1.40. The van der Waals surface area contributed by atoms with E-state index in [2.05, 4.69) is 11.9 Å². The summed E-state index contributed by atoms with van der Waals surface area (Å²) in [4.78, 5) is 2.21. The van der Waals surface area contributed by atoms with Crippen LogP contribution in [0.1, 0.15) is 18.9 Å². The molecule has 0 spiro atoms. The van der Waals surface area contributed by atoms with Gasteiger partial charge in [0.15, 0.2) is 0 Å². The van der Waals surface area contributed by atoms with Crippen LogP contribution >= 0.6 is 23.2 Å². The van der Waals surface area contributed by atoms with Crippen molar-refractivity contribution in [2.24, 2.45) is 5.73 Å². The van der Waals surface area contributed by atoms with Crippen molar-refractivity contribution in [2.45, 2.75) is 25.9 Å². The molecule has 0 saturated heterocycles. The highest BCUT2D eigenvalue weighted by atomic mass is 35.5. The fraction of sp³-hybridized carbons (Fsp3) is 0.500. The highest BCUT2D eigenvalue weighted by Crippen LogP contribution is 2.21. The van der Waals surface area contributed by atoms with Crippen LogP contribution in [-0.4, -0.2) is 24.5 Å². The molecule has 0 aliphatic heterocycles. The Morgan fingerprint density at radius 3 is 2.62 bits per heavy atom. The Hall–Kier alpha value is -0.280. The summed E-state index contributed by atoms with van der Waals surface area (Å²) < 4.78 is 0. The van der Waals surface area contributed by atoms with E-state index in [0.29, 0.717) is 5.02 Å². The predicted octanol–water partition coefficient (Wildman–Crippen LogP) is 3.16. The first-order valence-corrected chi connectivity index (χ1v) is 6.12. The van der Waals surface area contributed by atoms with Gasteiger partial charge in [0.25, 0.3) is 0 Å². The first-order chi connectivity index (χ1) is 7.49. The van der Waals surface area contributed by atoms with E-state index < -0.39 is 0 Å². The molecule has 0 heterocycles. The minimum absolute atomic E-state index is 0.239. The zero-order valence-corrected chi connectivity index (χ0v) is 11.2. The summed E-state index contributed by atoms with van der Waals surface area (Å²) in [6.07, 6.45) is 0.988. The van der Waals surface area contributed by atoms with Gasteiger partial charge in [-0.15, -0.1) is 0 Å². The average molecular weight is 261 g/mol. The molecule has 0 bridgehead atoms. The van der Waals surface area contributed by atoms with E-state index in [4.69, 9.17) is 28.9 Å². The van der Waals surface area contributed by atoms with Gasteiger partial charge in [-0.25, -0.2) is 0 Å². The van der Waals surface area contributed by atoms with Crippen molar-refractivity contribution in [1.82, 2.24) is 4.90 Å². The fourth-order valence-electron chi connectivity index (χ4n) is 1.44. The van der Waals surface area contributed by atoms with Crippen LogP contribution in [0.15, 0.2) is 18.2 Å². The second kappa shape index (κ2) is 6.45. The van der Waals surface area contributed by atoms with Crippen LogP contribution in [0.4, 0.5) is 0 Å². The molecule has 1 atom stereocenters. The van der Waals surface area contributed by atoms with Crippen LogP contribution < -0.4 is 5.73 Å². The van der Waals surface area contributed by atoms with Gasteiger partial charge in [-0.2, -0.15) is 0 Å². The Balaban J connectivity index is 2.52. The number of hydrogen-bond donors (Lipinski definition) is 1. The Bertz CT molecular complexity index is 340. The summed E-state index contributed by atoms with van der Waals surface area (Å²) in [5.41, 5.74) is 6.81. The van der Waals surface area contributed by atoms with Gasteiger partial charge >= 0.3 is 0 Å². The lowest BCUT2D eigenvalue weighted by Gasteiger charge is -2.18. The number of halogens is 2. The quantitative estimate of drug-likeness (QED) is 0.882. The molecule has 4 heteroatoms. The highest BCUT2D eigenvalue weighted by Gasteiger charge is 2.05. The van der Waals surface area contributed by atoms with Crippen LogP contribution in [0.2, 0.25) is 10.0 Å². The Morgan fingerprint density at radius 1 is 1.38 bits per heavy atom. The lowest BCUT2D eigenvalue weighted by Crippen LogP contribution is -2.25. The lowest BCUT2D eigenvalue weighted by molar-refractivity contribution is 0.313. The Kier molecular flexibility index (Phi) is 5.56. The van der Waals surface area contributed by atoms with Crippen LogP contribution in [0, 0.1) is 0 Å². The van der Waals surface area contributed by atoms with Crippen LogP contribution in [-0.2, 0) is 6.54 Å². The first-order valence-electron chi connectivity index (χ1n) is 5.37. The molecule has 90 valence electrons. The summed E-state index contributed by atoms with van der Waals surface area (Å²) in [5.74, 6) is 0. The van der Waals surface area contributed by atoms with Crippen LogP contribution in [0.5, 0.6) is 0 Å². The third-order valence-corrected chi connectivity index (χ3v) is 3.01. The van der Waals surface area contributed by atoms with Crippen molar-refractivity contribution in [3.05, 3.63) is 33.8 Å². The maximum absolute atomic E-state index is 6.10. The summed E-state index contributed by atoms with van der Waals surface area (Å²) >= 11 is 11.9. The van der Waals surface area contributed by atoms with Crippen molar-refractivity contribution in [1.29, 1.82) is 0 Å². The van der Waals surface area contributed by atoms with Gasteiger partial charge in [0, 0.05) is 22.6 Å². The van der Waals surface area contributed by atoms with Crippen molar-refractivity contribution in [2.75, 3.05) is 13.6 Å². The molecule has 1 rings (SSSR count). The zero-order valence-electron chi connectivity index (χ0n) is 9.71. The molecule has 0 fully saturated rings. The fourth-order valence-corrected chi connectivity index (χ4v) is 1.91. The second-order valence-corrected chi connectivity index (χ2v) is 5.08. The lowest BCUT2D eigenvalue weighted by atomic mass is 10.2. The maximum Gasteiger partial charge on any atom is 0.0465 e. The van der Waals surface area contributed by atoms with E-state index in [-0.39, 0.29) is 6.04 Å². The average Bonchev–Trinajstić information content (AvgIpc) is 2.19. The third kappa shape index (κ3) is 4.71. The van der Waals surface area contributed by atoms with E-state index in [1.165, 1.54) is 0 Å². The summed E-state index contributed by atoms with van der Waals surface area (Å²) in [7, 11) is 2.06. The van der Waals surface area contributed by atoms with E-state index in [0.717, 1.165) is 30.1 Å². The minimum atomic E-state index is 0.239. The number of hydrogen-bond acceptors (Lipinski definition) is 2. The molecule has 2 N–H and O–H groups in total. The monoisotopic (exact) mass is 260 g/mol. The Labute approximate surface area is 107 Å². The molecule has 0 saturated carbocycles. The number of nitrogens with two attached hydrogens (primary N) is 1. The first kappa shape index (κ1) is 13.8. The molecule has 0 aromatic heterocycles. The van der Waals surface area contributed by atoms with Crippen molar-refractivity contribution < 1.29 is 0 Å². The van der Waals surface area contributed by atoms with E-state index in [1.807, 2.05) is 19.1 Å². The van der Waals surface area contributed by atoms with E-state index >= 15 is 0 Å². The minimum Gasteiger partial charge on any atom is -0.328 e. The molecule has 0 radical (unpaired) electrons. The molecule has 1 unspecified atom stereocenters. The number of rotatable bonds is 5. The maximum atomic E-state index is 6.10. The third-order valence-electron chi connectivity index (χ3n) is 2.42. The standard InChI is InChI=1S/C12H18Cl2N2/c1-9(15)5-6-16(2)8-10-3-4-11(13)7-12(10)14/h3-4,7,9H,5-6,8,15H2,1-2H3. The molecule has 1 aromatic rings. The van der Waals surface area contributed by atoms with Crippen molar-refractivity contribution in [3.63, 3.8) is 0 Å². The second-order valence-electron chi connectivity index (χ2n) is 4.24. The van der Waals surface area contributed by atoms with Gasteiger partial charge in [-0.05, 0) is 44.6 Å². The van der Waals surface area contributed by atoms with Gasteiger partial charge in [0.1, 0.15) is 0 Å². The smallest absolute Gasteiger partial charge is 0.0465 e. The molecule has 1 aromatic carbocycles. The van der Waals surface area contributed by atoms with Crippen LogP contribution in [0.25, 0.3) is 0 Å². The summed E-state index contributed by atoms with van der Waals surface area (Å²) in [6.45, 7) is 3.81.